The molecule has 1 aromatic carbocycles. The van der Waals surface area contributed by atoms with Crippen molar-refractivity contribution >= 4 is 99.5 Å². The minimum Gasteiger partial charge on any atom is 0.316 e. The van der Waals surface area contributed by atoms with Crippen LogP contribution in [0.1, 0.15) is 11.7 Å². The van der Waals surface area contributed by atoms with Crippen LogP contribution < -0.4 is 0 Å². The molecule has 0 fully saturated rings. The molecular formula is C8H14CaMg2O4Si. The summed E-state index contributed by atoms with van der Waals surface area (Å²) in [4.78, 5) is 10.9. The summed E-state index contributed by atoms with van der Waals surface area (Å²) in [5.41, 5.74) is 0.431. The number of benzene rings is 1. The summed E-state index contributed by atoms with van der Waals surface area (Å²) in [6, 6.07) is 8.32. The van der Waals surface area contributed by atoms with Gasteiger partial charge in [0.05, 0.1) is 0 Å². The van der Waals surface area contributed by atoms with Crippen molar-refractivity contribution in [3.63, 3.8) is 0 Å². The van der Waals surface area contributed by atoms with E-state index in [1.807, 2.05) is 0 Å². The first-order chi connectivity index (χ1) is 6.25. The molecule has 1 aromatic rings. The Bertz CT molecular complexity index is 312. The van der Waals surface area contributed by atoms with Crippen LogP contribution in [0.25, 0.3) is 0 Å². The zero-order chi connectivity index (χ0) is 9.68. The molecule has 0 saturated heterocycles. The number of hydrogen-bond donors (Lipinski definition) is 1. The van der Waals surface area contributed by atoms with Crippen LogP contribution >= 0.6 is 0 Å². The molecule has 1 N–H and O–H groups in total. The third-order valence-corrected chi connectivity index (χ3v) is 1.83. The second-order valence-corrected chi connectivity index (χ2v) is 2.77. The Morgan fingerprint density at radius 3 is 2.19 bits per heavy atom. The topological polar surface area (TPSA) is 63.6 Å². The first-order valence-corrected chi connectivity index (χ1v) is 4.57. The summed E-state index contributed by atoms with van der Waals surface area (Å²) in [6.45, 7) is 0. The van der Waals surface area contributed by atoms with Gasteiger partial charge in [-0.1, -0.05) is 30.3 Å². The van der Waals surface area contributed by atoms with Crippen molar-refractivity contribution in [3.8, 4) is 0 Å². The van der Waals surface area contributed by atoms with E-state index in [9.17, 15) is 14.4 Å². The summed E-state index contributed by atoms with van der Waals surface area (Å²) in [6.07, 6.45) is -1.34. The van der Waals surface area contributed by atoms with Crippen LogP contribution in [0.2, 0.25) is 0 Å². The number of hydrogen-bond acceptors (Lipinski definition) is 4. The summed E-state index contributed by atoms with van der Waals surface area (Å²) in [5, 5.41) is 9.32. The summed E-state index contributed by atoms with van der Waals surface area (Å²) < 4.78 is 14.2. The zero-order valence-electron chi connectivity index (χ0n) is 6.71. The maximum Gasteiger partial charge on any atom is 0.316 e. The van der Waals surface area contributed by atoms with Crippen LogP contribution in [0.3, 0.4) is 0 Å². The molecule has 0 radical (unpaired) electrons. The van der Waals surface area contributed by atoms with Crippen LogP contribution in [-0.2, 0) is 13.7 Å². The van der Waals surface area contributed by atoms with E-state index in [0.29, 0.717) is 5.56 Å². The molecule has 0 spiro atoms. The fourth-order valence-corrected chi connectivity index (χ4v) is 1.11. The molecule has 4 nitrogen and oxygen atoms in total. The predicted octanol–water partition coefficient (Wildman–Crippen LogP) is -2.79. The van der Waals surface area contributed by atoms with E-state index in [1.54, 1.807) is 30.3 Å². The van der Waals surface area contributed by atoms with Gasteiger partial charge in [-0.2, -0.15) is 0 Å². The van der Waals surface area contributed by atoms with Crippen molar-refractivity contribution in [2.75, 3.05) is 0 Å². The maximum absolute atomic E-state index is 10.9. The minimum absolute atomic E-state index is 0. The van der Waals surface area contributed by atoms with Crippen LogP contribution in [-0.4, -0.2) is 105 Å². The van der Waals surface area contributed by atoms with Crippen molar-refractivity contribution < 1.29 is 18.8 Å². The van der Waals surface area contributed by atoms with E-state index >= 15 is 0 Å². The van der Waals surface area contributed by atoms with Gasteiger partial charge in [0.15, 0.2) is 6.10 Å². The average Bonchev–Trinajstić information content (AvgIpc) is 2.18. The second-order valence-electron chi connectivity index (χ2n) is 2.35. The van der Waals surface area contributed by atoms with Gasteiger partial charge in [-0.05, 0) is 5.56 Å². The van der Waals surface area contributed by atoms with Gasteiger partial charge in [0.2, 0.25) is 0 Å². The zero-order valence-corrected chi connectivity index (χ0v) is 7.87. The van der Waals surface area contributed by atoms with E-state index in [4.69, 9.17) is 0 Å². The van der Waals surface area contributed by atoms with Crippen molar-refractivity contribution in [2.24, 2.45) is 0 Å². The molecule has 80 valence electrons. The first-order valence-electron chi connectivity index (χ1n) is 3.63. The first kappa shape index (κ1) is 22.6. The summed E-state index contributed by atoms with van der Waals surface area (Å²) >= 11 is 0. The van der Waals surface area contributed by atoms with Crippen LogP contribution in [0, 0.1) is 0 Å². The molecule has 0 aliphatic heterocycles. The smallest absolute Gasteiger partial charge is 0.316 e. The number of aliphatic hydroxyl groups is 1. The van der Waals surface area contributed by atoms with Crippen molar-refractivity contribution in [1.29, 1.82) is 0 Å². The Morgan fingerprint density at radius 1 is 1.25 bits per heavy atom. The molecular weight excluding hydrogens is 277 g/mol. The van der Waals surface area contributed by atoms with Crippen LogP contribution in [0.5, 0.6) is 0 Å². The van der Waals surface area contributed by atoms with Gasteiger partial charge >= 0.3 is 99.5 Å². The summed E-state index contributed by atoms with van der Waals surface area (Å²) in [7, 11) is -1.61. The molecule has 0 unspecified atom stereocenters. The Balaban J connectivity index is -0.000000563. The number of carbonyl (C=O) groups excluding carboxylic acids is 1. The van der Waals surface area contributed by atoms with Gasteiger partial charge in [-0.15, -0.1) is 0 Å². The Morgan fingerprint density at radius 2 is 1.75 bits per heavy atom. The van der Waals surface area contributed by atoms with Crippen LogP contribution in [0.15, 0.2) is 30.3 Å². The molecule has 1 rings (SSSR count). The average molecular weight is 291 g/mol. The van der Waals surface area contributed by atoms with E-state index < -0.39 is 21.7 Å². The quantitative estimate of drug-likeness (QED) is 0.612. The van der Waals surface area contributed by atoms with Gasteiger partial charge in [0, 0.05) is 0 Å². The van der Waals surface area contributed by atoms with Gasteiger partial charge in [0.25, 0.3) is 0 Å². The van der Waals surface area contributed by atoms with Gasteiger partial charge in [0.1, 0.15) is 0 Å². The Kier molecular flexibility index (Phi) is 18.2. The SMILES string of the molecule is O=[SiH]OC(=O)[C@H](O)c1ccccc1.[CaH2].[MgH2].[MgH2]. The Hall–Kier alpha value is 1.46. The normalized spacial score (nSPS) is 9.56. The van der Waals surface area contributed by atoms with E-state index in [0.717, 1.165) is 0 Å². The van der Waals surface area contributed by atoms with Crippen molar-refractivity contribution in [1.82, 2.24) is 0 Å². The van der Waals surface area contributed by atoms with E-state index in [1.165, 1.54) is 0 Å². The predicted molar refractivity (Wildman–Crippen MR) is 71.0 cm³/mol. The second kappa shape index (κ2) is 12.9. The third-order valence-electron chi connectivity index (χ3n) is 1.50. The van der Waals surface area contributed by atoms with Crippen LogP contribution in [0.4, 0.5) is 0 Å². The number of aliphatic hydroxyl groups excluding tert-OH is 1. The molecule has 1 atom stereocenters. The van der Waals surface area contributed by atoms with E-state index in [-0.39, 0.29) is 83.8 Å². The molecule has 0 aromatic heterocycles. The third kappa shape index (κ3) is 7.72. The fourth-order valence-electron chi connectivity index (χ4n) is 0.883. The van der Waals surface area contributed by atoms with Gasteiger partial charge < -0.3 is 14.0 Å². The maximum atomic E-state index is 10.9. The molecule has 16 heavy (non-hydrogen) atoms. The molecule has 0 bridgehead atoms. The fraction of sp³-hybridized carbons (Fsp3) is 0.125. The molecule has 0 amide bonds. The van der Waals surface area contributed by atoms with Gasteiger partial charge in [-0.25, -0.2) is 4.79 Å². The molecule has 0 saturated carbocycles. The van der Waals surface area contributed by atoms with Crippen molar-refractivity contribution in [3.05, 3.63) is 35.9 Å². The minimum atomic E-state index is -1.61. The van der Waals surface area contributed by atoms with E-state index in [2.05, 4.69) is 4.43 Å². The Labute approximate surface area is 158 Å². The van der Waals surface area contributed by atoms with Crippen molar-refractivity contribution in [2.45, 2.75) is 6.10 Å². The molecule has 0 aliphatic rings. The summed E-state index contributed by atoms with van der Waals surface area (Å²) in [5.74, 6) is -0.879. The number of carbonyl (C=O) groups is 1. The largest absolute Gasteiger partial charge is 0.316 e. The monoisotopic (exact) mass is 290 g/mol. The molecule has 0 aliphatic carbocycles. The standard InChI is InChI=1S/C8H8O4Si.Ca.2Mg.6H/c9-7(8(10)12-13-11)6-4-2-1-3-5-6;;;;;;;;;/h1-5,7,9,13H;;;;;;;;;/t7-;;;;;;;;;/m1........./s1. The molecule has 0 heterocycles. The number of rotatable bonds is 3. The molecule has 8 heteroatoms. The van der Waals surface area contributed by atoms with Gasteiger partial charge in [-0.3, -0.25) is 0 Å².